The Balaban J connectivity index is 1.51. The van der Waals surface area contributed by atoms with Crippen LogP contribution in [-0.4, -0.2) is 90.8 Å². The van der Waals surface area contributed by atoms with E-state index in [9.17, 15) is 19.8 Å². The van der Waals surface area contributed by atoms with Crippen LogP contribution in [0.15, 0.2) is 35.9 Å². The molecule has 2 amide bonds. The van der Waals surface area contributed by atoms with Gasteiger partial charge in [0, 0.05) is 37.4 Å². The van der Waals surface area contributed by atoms with E-state index in [1.54, 1.807) is 11.0 Å². The van der Waals surface area contributed by atoms with E-state index in [1.807, 2.05) is 24.3 Å². The number of benzene rings is 1. The molecule has 34 heavy (non-hydrogen) atoms. The maximum absolute atomic E-state index is 13.6. The number of aliphatic hydroxyl groups excluding tert-OH is 2. The Hall–Kier alpha value is -2.46. The van der Waals surface area contributed by atoms with E-state index in [0.29, 0.717) is 44.1 Å². The molecule has 184 valence electrons. The summed E-state index contributed by atoms with van der Waals surface area (Å²) in [7, 11) is 0. The van der Waals surface area contributed by atoms with E-state index in [4.69, 9.17) is 14.2 Å². The number of hydrogen-bond acceptors (Lipinski definition) is 7. The highest BCUT2D eigenvalue weighted by Crippen LogP contribution is 2.47. The van der Waals surface area contributed by atoms with Crippen LogP contribution in [0.3, 0.4) is 0 Å². The number of rotatable bonds is 7. The third-order valence-corrected chi connectivity index (χ3v) is 7.22. The first kappa shape index (κ1) is 23.3. The molecule has 0 saturated carbocycles. The molecule has 0 spiro atoms. The van der Waals surface area contributed by atoms with Gasteiger partial charge in [0.1, 0.15) is 18.0 Å². The molecule has 0 bridgehead atoms. The highest BCUT2D eigenvalue weighted by Gasteiger charge is 2.51. The normalized spacial score (nSPS) is 31.9. The van der Waals surface area contributed by atoms with Crippen molar-refractivity contribution >= 4 is 11.8 Å². The Morgan fingerprint density at radius 3 is 2.76 bits per heavy atom. The van der Waals surface area contributed by atoms with Crippen molar-refractivity contribution in [1.29, 1.82) is 0 Å². The topological polar surface area (TPSA) is 118 Å². The fourth-order valence-corrected chi connectivity index (χ4v) is 5.52. The van der Waals surface area contributed by atoms with E-state index < -0.39 is 24.2 Å². The number of ether oxygens (including phenoxy) is 3. The van der Waals surface area contributed by atoms with Gasteiger partial charge in [-0.1, -0.05) is 18.2 Å². The minimum atomic E-state index is -1.03. The van der Waals surface area contributed by atoms with Crippen LogP contribution in [0.2, 0.25) is 0 Å². The van der Waals surface area contributed by atoms with Gasteiger partial charge in [-0.15, -0.1) is 0 Å². The zero-order chi connectivity index (χ0) is 23.7. The van der Waals surface area contributed by atoms with E-state index in [2.05, 4.69) is 5.32 Å². The second kappa shape index (κ2) is 10.0. The standard InChI is InChI=1S/C25H32N2O7/c28-9-8-26-24(30)18-12-19(22(29)23-21(18)17-5-1-2-6-20(17)34-23)27(13-16-4-3-10-33-16)25(31)15-7-11-32-14-15/h1-2,5-6,12,15-16,19,21-23,28-29H,3-4,7-11,13-14H2,(H,26,30). The molecule has 0 radical (unpaired) electrons. The zero-order valence-electron chi connectivity index (χ0n) is 19.1. The van der Waals surface area contributed by atoms with Crippen molar-refractivity contribution in [3.8, 4) is 5.75 Å². The van der Waals surface area contributed by atoms with Crippen LogP contribution in [0.1, 0.15) is 30.7 Å². The van der Waals surface area contributed by atoms with E-state index in [-0.39, 0.29) is 37.0 Å². The number of fused-ring (bicyclic) bond motifs is 3. The lowest BCUT2D eigenvalue weighted by molar-refractivity contribution is -0.143. The number of nitrogens with zero attached hydrogens (tertiary/aromatic N) is 1. The molecule has 3 N–H and O–H groups in total. The van der Waals surface area contributed by atoms with Crippen LogP contribution in [0.5, 0.6) is 5.75 Å². The lowest BCUT2D eigenvalue weighted by Gasteiger charge is -2.42. The highest BCUT2D eigenvalue weighted by molar-refractivity contribution is 5.96. The first-order valence-corrected chi connectivity index (χ1v) is 12.1. The SMILES string of the molecule is O=C(NCCO)C1=CC(N(CC2CCCO2)C(=O)C2CCOC2)C(O)C2Oc3ccccc3C12. The number of carbonyl (C=O) groups is 2. The van der Waals surface area contributed by atoms with Crippen LogP contribution in [0.25, 0.3) is 0 Å². The first-order valence-electron chi connectivity index (χ1n) is 12.1. The molecule has 2 saturated heterocycles. The van der Waals surface area contributed by atoms with Crippen molar-refractivity contribution in [3.05, 3.63) is 41.5 Å². The third kappa shape index (κ3) is 4.33. The Kier molecular flexibility index (Phi) is 6.87. The number of hydrogen-bond donors (Lipinski definition) is 3. The van der Waals surface area contributed by atoms with Gasteiger partial charge in [-0.05, 0) is 31.4 Å². The molecular formula is C25H32N2O7. The third-order valence-electron chi connectivity index (χ3n) is 7.22. The molecule has 1 aromatic carbocycles. The maximum atomic E-state index is 13.6. The summed E-state index contributed by atoms with van der Waals surface area (Å²) in [6.45, 7) is 1.80. The summed E-state index contributed by atoms with van der Waals surface area (Å²) in [5.41, 5.74) is 1.27. The lowest BCUT2D eigenvalue weighted by atomic mass is 9.77. The van der Waals surface area contributed by atoms with Gasteiger partial charge >= 0.3 is 0 Å². The Morgan fingerprint density at radius 2 is 2.03 bits per heavy atom. The van der Waals surface area contributed by atoms with Crippen molar-refractivity contribution in [3.63, 3.8) is 0 Å². The fraction of sp³-hybridized carbons (Fsp3) is 0.600. The van der Waals surface area contributed by atoms with Gasteiger partial charge in [-0.25, -0.2) is 0 Å². The predicted molar refractivity (Wildman–Crippen MR) is 121 cm³/mol. The van der Waals surface area contributed by atoms with Gasteiger partial charge in [0.2, 0.25) is 11.8 Å². The molecular weight excluding hydrogens is 440 g/mol. The van der Waals surface area contributed by atoms with Crippen LogP contribution in [0.4, 0.5) is 0 Å². The average Bonchev–Trinajstić information content (AvgIpc) is 3.62. The van der Waals surface area contributed by atoms with Crippen LogP contribution < -0.4 is 10.1 Å². The van der Waals surface area contributed by atoms with E-state index in [0.717, 1.165) is 18.4 Å². The summed E-state index contributed by atoms with van der Waals surface area (Å²) in [4.78, 5) is 28.5. The quantitative estimate of drug-likeness (QED) is 0.524. The summed E-state index contributed by atoms with van der Waals surface area (Å²) < 4.78 is 17.4. The lowest BCUT2D eigenvalue weighted by Crippen LogP contribution is -2.58. The van der Waals surface area contributed by atoms with Gasteiger partial charge in [0.25, 0.3) is 0 Å². The monoisotopic (exact) mass is 472 g/mol. The van der Waals surface area contributed by atoms with E-state index in [1.165, 1.54) is 0 Å². The molecule has 6 unspecified atom stereocenters. The summed E-state index contributed by atoms with van der Waals surface area (Å²) in [5, 5.41) is 23.5. The number of para-hydroxylation sites is 1. The smallest absolute Gasteiger partial charge is 0.247 e. The largest absolute Gasteiger partial charge is 0.486 e. The molecule has 3 heterocycles. The molecule has 2 fully saturated rings. The van der Waals surface area contributed by atoms with Crippen molar-refractivity contribution in [2.24, 2.45) is 5.92 Å². The summed E-state index contributed by atoms with van der Waals surface area (Å²) in [6.07, 6.45) is 2.27. The van der Waals surface area contributed by atoms with Gasteiger partial charge in [0.15, 0.2) is 0 Å². The van der Waals surface area contributed by atoms with Crippen molar-refractivity contribution in [2.75, 3.05) is 39.5 Å². The van der Waals surface area contributed by atoms with Gasteiger partial charge in [-0.2, -0.15) is 0 Å². The molecule has 9 nitrogen and oxygen atoms in total. The van der Waals surface area contributed by atoms with Crippen LogP contribution >= 0.6 is 0 Å². The summed E-state index contributed by atoms with van der Waals surface area (Å²) in [6, 6.07) is 6.69. The molecule has 1 aromatic rings. The Bertz CT molecular complexity index is 939. The minimum absolute atomic E-state index is 0.0997. The fourth-order valence-electron chi connectivity index (χ4n) is 5.52. The predicted octanol–water partition coefficient (Wildman–Crippen LogP) is 0.353. The maximum Gasteiger partial charge on any atom is 0.247 e. The van der Waals surface area contributed by atoms with Crippen LogP contribution in [0, 0.1) is 5.92 Å². The van der Waals surface area contributed by atoms with E-state index >= 15 is 0 Å². The summed E-state index contributed by atoms with van der Waals surface area (Å²) >= 11 is 0. The van der Waals surface area contributed by atoms with Crippen molar-refractivity contribution in [2.45, 2.75) is 49.5 Å². The molecule has 0 aromatic heterocycles. The number of nitrogens with one attached hydrogen (secondary N) is 1. The average molecular weight is 473 g/mol. The second-order valence-corrected chi connectivity index (χ2v) is 9.37. The highest BCUT2D eigenvalue weighted by atomic mass is 16.5. The molecule has 5 rings (SSSR count). The summed E-state index contributed by atoms with van der Waals surface area (Å²) in [5.74, 6) is -0.560. The number of carbonyl (C=O) groups excluding carboxylic acids is 2. The Morgan fingerprint density at radius 1 is 1.18 bits per heavy atom. The zero-order valence-corrected chi connectivity index (χ0v) is 19.1. The number of amides is 2. The van der Waals surface area contributed by atoms with Crippen LogP contribution in [-0.2, 0) is 19.1 Å². The minimum Gasteiger partial charge on any atom is -0.486 e. The molecule has 6 atom stereocenters. The van der Waals surface area contributed by atoms with Crippen molar-refractivity contribution < 1.29 is 34.0 Å². The first-order chi connectivity index (χ1) is 16.6. The molecule has 3 aliphatic heterocycles. The van der Waals surface area contributed by atoms with Gasteiger partial charge in [-0.3, -0.25) is 9.59 Å². The molecule has 9 heteroatoms. The van der Waals surface area contributed by atoms with Gasteiger partial charge < -0.3 is 34.6 Å². The molecule has 4 aliphatic rings. The Labute approximate surface area is 198 Å². The molecule has 1 aliphatic carbocycles. The second-order valence-electron chi connectivity index (χ2n) is 9.37. The van der Waals surface area contributed by atoms with Crippen molar-refractivity contribution in [1.82, 2.24) is 10.2 Å². The number of aliphatic hydroxyl groups is 2. The van der Waals surface area contributed by atoms with Gasteiger partial charge in [0.05, 0.1) is 37.2 Å².